The fourth-order valence-corrected chi connectivity index (χ4v) is 3.22. The molecule has 3 N–H and O–H groups in total. The standard InChI is InChI=1S/C15H30N4/c1-13(12-19-9-5-6-10-19)11-17-15(16)18-14-7-3-2-4-8-14/h13-14H,2-12H2,1H3,(H3,16,17,18). The van der Waals surface area contributed by atoms with Crippen molar-refractivity contribution in [1.29, 1.82) is 0 Å². The van der Waals surface area contributed by atoms with E-state index in [2.05, 4.69) is 22.1 Å². The van der Waals surface area contributed by atoms with Crippen LogP contribution in [0.3, 0.4) is 0 Å². The molecule has 0 bridgehead atoms. The largest absolute Gasteiger partial charge is 0.370 e. The van der Waals surface area contributed by atoms with Crippen molar-refractivity contribution in [3.63, 3.8) is 0 Å². The predicted molar refractivity (Wildman–Crippen MR) is 81.3 cm³/mol. The molecule has 1 unspecified atom stereocenters. The molecule has 19 heavy (non-hydrogen) atoms. The van der Waals surface area contributed by atoms with Gasteiger partial charge in [-0.2, -0.15) is 0 Å². The molecular weight excluding hydrogens is 236 g/mol. The number of rotatable bonds is 5. The van der Waals surface area contributed by atoms with Crippen LogP contribution in [-0.4, -0.2) is 43.1 Å². The summed E-state index contributed by atoms with van der Waals surface area (Å²) in [5, 5.41) is 3.38. The first-order valence-corrected chi connectivity index (χ1v) is 8.03. The van der Waals surface area contributed by atoms with Gasteiger partial charge in [0, 0.05) is 19.1 Å². The first-order chi connectivity index (χ1) is 9.24. The molecule has 0 radical (unpaired) electrons. The van der Waals surface area contributed by atoms with Crippen molar-refractivity contribution in [2.45, 2.75) is 57.9 Å². The lowest BCUT2D eigenvalue weighted by atomic mass is 9.96. The second kappa shape index (κ2) is 7.73. The zero-order chi connectivity index (χ0) is 13.5. The summed E-state index contributed by atoms with van der Waals surface area (Å²) >= 11 is 0. The number of hydrogen-bond acceptors (Lipinski definition) is 2. The number of nitrogens with zero attached hydrogens (tertiary/aromatic N) is 2. The van der Waals surface area contributed by atoms with E-state index in [1.54, 1.807) is 0 Å². The lowest BCUT2D eigenvalue weighted by Gasteiger charge is -2.23. The van der Waals surface area contributed by atoms with Crippen molar-refractivity contribution in [3.05, 3.63) is 0 Å². The maximum absolute atomic E-state index is 5.99. The van der Waals surface area contributed by atoms with Crippen LogP contribution in [0.2, 0.25) is 0 Å². The van der Waals surface area contributed by atoms with E-state index in [4.69, 9.17) is 5.73 Å². The number of hydrogen-bond donors (Lipinski definition) is 2. The van der Waals surface area contributed by atoms with Crippen LogP contribution in [-0.2, 0) is 0 Å². The molecule has 1 heterocycles. The van der Waals surface area contributed by atoms with E-state index in [0.717, 1.165) is 6.54 Å². The summed E-state index contributed by atoms with van der Waals surface area (Å²) in [6.45, 7) is 6.83. The molecule has 0 amide bonds. The minimum atomic E-state index is 0.561. The number of likely N-dealkylation sites (tertiary alicyclic amines) is 1. The highest BCUT2D eigenvalue weighted by molar-refractivity contribution is 5.78. The third-order valence-electron chi connectivity index (χ3n) is 4.30. The lowest BCUT2D eigenvalue weighted by molar-refractivity contribution is 0.291. The van der Waals surface area contributed by atoms with Gasteiger partial charge in [0.05, 0.1) is 0 Å². The predicted octanol–water partition coefficient (Wildman–Crippen LogP) is 1.96. The molecule has 2 fully saturated rings. The van der Waals surface area contributed by atoms with Crippen molar-refractivity contribution in [1.82, 2.24) is 10.2 Å². The highest BCUT2D eigenvalue weighted by atomic mass is 15.1. The molecule has 1 aliphatic carbocycles. The van der Waals surface area contributed by atoms with Gasteiger partial charge in [-0.25, -0.2) is 0 Å². The molecule has 1 aliphatic heterocycles. The van der Waals surface area contributed by atoms with Gasteiger partial charge in [0.1, 0.15) is 0 Å². The van der Waals surface area contributed by atoms with Crippen LogP contribution in [0.4, 0.5) is 0 Å². The summed E-state index contributed by atoms with van der Waals surface area (Å²) in [4.78, 5) is 7.06. The van der Waals surface area contributed by atoms with Gasteiger partial charge < -0.3 is 16.0 Å². The molecule has 0 aromatic carbocycles. The number of nitrogens with one attached hydrogen (secondary N) is 1. The molecular formula is C15H30N4. The van der Waals surface area contributed by atoms with Crippen LogP contribution in [0.5, 0.6) is 0 Å². The van der Waals surface area contributed by atoms with Gasteiger partial charge in [-0.1, -0.05) is 26.2 Å². The molecule has 0 spiro atoms. The molecule has 4 heteroatoms. The van der Waals surface area contributed by atoms with Gasteiger partial charge in [-0.3, -0.25) is 4.99 Å². The average Bonchev–Trinajstić information content (AvgIpc) is 2.90. The van der Waals surface area contributed by atoms with Crippen LogP contribution < -0.4 is 11.1 Å². The van der Waals surface area contributed by atoms with Crippen molar-refractivity contribution < 1.29 is 0 Å². The summed E-state index contributed by atoms with van der Waals surface area (Å²) < 4.78 is 0. The SMILES string of the molecule is CC(CN=C(N)NC1CCCCC1)CN1CCCC1. The molecule has 2 rings (SSSR count). The molecule has 1 atom stereocenters. The molecule has 0 aromatic heterocycles. The molecule has 0 aromatic rings. The van der Waals surface area contributed by atoms with E-state index < -0.39 is 0 Å². The molecule has 1 saturated heterocycles. The van der Waals surface area contributed by atoms with Crippen LogP contribution in [0.25, 0.3) is 0 Å². The summed E-state index contributed by atoms with van der Waals surface area (Å²) in [6, 6.07) is 0.561. The Morgan fingerprint density at radius 3 is 2.58 bits per heavy atom. The monoisotopic (exact) mass is 266 g/mol. The van der Waals surface area contributed by atoms with E-state index in [-0.39, 0.29) is 0 Å². The minimum Gasteiger partial charge on any atom is -0.370 e. The van der Waals surface area contributed by atoms with Gasteiger partial charge in [-0.05, 0) is 44.7 Å². The lowest BCUT2D eigenvalue weighted by Crippen LogP contribution is -2.41. The Morgan fingerprint density at radius 1 is 1.21 bits per heavy atom. The highest BCUT2D eigenvalue weighted by Gasteiger charge is 2.15. The fourth-order valence-electron chi connectivity index (χ4n) is 3.22. The van der Waals surface area contributed by atoms with Crippen molar-refractivity contribution in [2.75, 3.05) is 26.2 Å². The van der Waals surface area contributed by atoms with Crippen molar-refractivity contribution >= 4 is 5.96 Å². The third-order valence-corrected chi connectivity index (χ3v) is 4.30. The van der Waals surface area contributed by atoms with Crippen molar-refractivity contribution in [2.24, 2.45) is 16.6 Å². The Morgan fingerprint density at radius 2 is 1.89 bits per heavy atom. The smallest absolute Gasteiger partial charge is 0.188 e. The highest BCUT2D eigenvalue weighted by Crippen LogP contribution is 2.17. The molecule has 110 valence electrons. The third kappa shape index (κ3) is 5.39. The van der Waals surface area contributed by atoms with Gasteiger partial charge in [0.2, 0.25) is 0 Å². The number of guanidine groups is 1. The zero-order valence-corrected chi connectivity index (χ0v) is 12.4. The minimum absolute atomic E-state index is 0.561. The van der Waals surface area contributed by atoms with E-state index in [9.17, 15) is 0 Å². The van der Waals surface area contributed by atoms with Crippen molar-refractivity contribution in [3.8, 4) is 0 Å². The van der Waals surface area contributed by atoms with E-state index in [1.165, 1.54) is 64.6 Å². The second-order valence-electron chi connectivity index (χ2n) is 6.32. The van der Waals surface area contributed by atoms with Crippen LogP contribution in [0.1, 0.15) is 51.9 Å². The van der Waals surface area contributed by atoms with Gasteiger partial charge in [0.25, 0.3) is 0 Å². The Labute approximate surface area is 117 Å². The Bertz CT molecular complexity index is 278. The Kier molecular flexibility index (Phi) is 5.95. The summed E-state index contributed by atoms with van der Waals surface area (Å²) in [5.41, 5.74) is 5.99. The maximum Gasteiger partial charge on any atom is 0.188 e. The molecule has 4 nitrogen and oxygen atoms in total. The van der Waals surface area contributed by atoms with Crippen LogP contribution in [0.15, 0.2) is 4.99 Å². The van der Waals surface area contributed by atoms with E-state index in [1.807, 2.05) is 0 Å². The Hall–Kier alpha value is -0.770. The second-order valence-corrected chi connectivity index (χ2v) is 6.32. The summed E-state index contributed by atoms with van der Waals surface area (Å²) in [6.07, 6.45) is 9.26. The van der Waals surface area contributed by atoms with E-state index >= 15 is 0 Å². The van der Waals surface area contributed by atoms with Gasteiger partial charge >= 0.3 is 0 Å². The normalized spacial score (nSPS) is 24.6. The van der Waals surface area contributed by atoms with Crippen LogP contribution in [0, 0.1) is 5.92 Å². The first-order valence-electron chi connectivity index (χ1n) is 8.03. The number of nitrogens with two attached hydrogens (primary N) is 1. The van der Waals surface area contributed by atoms with Gasteiger partial charge in [-0.15, -0.1) is 0 Å². The van der Waals surface area contributed by atoms with Crippen LogP contribution >= 0.6 is 0 Å². The van der Waals surface area contributed by atoms with Gasteiger partial charge in [0.15, 0.2) is 5.96 Å². The maximum atomic E-state index is 5.99. The quantitative estimate of drug-likeness (QED) is 0.591. The first kappa shape index (κ1) is 14.6. The molecule has 1 saturated carbocycles. The number of aliphatic imine (C=N–C) groups is 1. The summed E-state index contributed by atoms with van der Waals surface area (Å²) in [7, 11) is 0. The zero-order valence-electron chi connectivity index (χ0n) is 12.4. The van der Waals surface area contributed by atoms with E-state index in [0.29, 0.717) is 17.9 Å². The molecule has 2 aliphatic rings. The fraction of sp³-hybridized carbons (Fsp3) is 0.933. The summed E-state index contributed by atoms with van der Waals surface area (Å²) in [5.74, 6) is 1.25. The average molecular weight is 266 g/mol. The topological polar surface area (TPSA) is 53.6 Å². The Balaban J connectivity index is 1.64.